The molecule has 0 N–H and O–H groups in total. The van der Waals surface area contributed by atoms with Crippen LogP contribution >= 0.6 is 11.6 Å². The first-order valence-corrected chi connectivity index (χ1v) is 14.5. The number of hydrogen-bond acceptors (Lipinski definition) is 8. The second-order valence-corrected chi connectivity index (χ2v) is 12.2. The Morgan fingerprint density at radius 1 is 1.10 bits per heavy atom. The summed E-state index contributed by atoms with van der Waals surface area (Å²) in [5.41, 5.74) is 2.60. The molecule has 0 amide bonds. The Morgan fingerprint density at radius 2 is 1.82 bits per heavy atom. The molecule has 13 heteroatoms. The minimum absolute atomic E-state index is 0.00418. The number of halogens is 1. The molecular formula is C26H27ClN6O5S. The van der Waals surface area contributed by atoms with Crippen LogP contribution in [-0.2, 0) is 30.5 Å². The second-order valence-electron chi connectivity index (χ2n) is 9.87. The van der Waals surface area contributed by atoms with Gasteiger partial charge in [0.1, 0.15) is 11.1 Å². The van der Waals surface area contributed by atoms with Crippen LogP contribution in [0.4, 0.5) is 0 Å². The van der Waals surface area contributed by atoms with Crippen LogP contribution in [0, 0.1) is 13.8 Å². The lowest BCUT2D eigenvalue weighted by Crippen LogP contribution is -2.16. The van der Waals surface area contributed by atoms with Gasteiger partial charge in [-0.3, -0.25) is 14.2 Å². The van der Waals surface area contributed by atoms with Crippen LogP contribution in [-0.4, -0.2) is 55.8 Å². The average molecular weight is 571 g/mol. The zero-order chi connectivity index (χ0) is 28.2. The van der Waals surface area contributed by atoms with Gasteiger partial charge in [-0.25, -0.2) is 17.9 Å². The van der Waals surface area contributed by atoms with Crippen molar-refractivity contribution in [3.05, 3.63) is 75.0 Å². The van der Waals surface area contributed by atoms with Gasteiger partial charge in [0.25, 0.3) is 0 Å². The molecule has 1 saturated carbocycles. The molecule has 1 aromatic carbocycles. The number of esters is 1. The molecule has 11 nitrogen and oxygen atoms in total. The summed E-state index contributed by atoms with van der Waals surface area (Å²) in [4.78, 5) is 27.2. The van der Waals surface area contributed by atoms with Crippen molar-refractivity contribution in [2.45, 2.75) is 44.0 Å². The van der Waals surface area contributed by atoms with E-state index in [4.69, 9.17) is 16.3 Å². The number of aryl methyl sites for hydroxylation is 4. The Morgan fingerprint density at radius 3 is 2.38 bits per heavy atom. The predicted molar refractivity (Wildman–Crippen MR) is 142 cm³/mol. The van der Waals surface area contributed by atoms with E-state index in [0.717, 1.165) is 24.7 Å². The van der Waals surface area contributed by atoms with Crippen molar-refractivity contribution in [3.8, 4) is 5.88 Å². The standard InChI is InChI=1S/C26H27ClN6O5S/c1-14-10-28-33(11-14)13-19-20(39(5,36)37)9-8-17(22(19)27)24(34)21-23(16-6-7-16)30-32(4)25(21)38-26(35)18-12-31(3)29-15(18)2/h8-12,16H,6-7,13H2,1-5H3. The van der Waals surface area contributed by atoms with E-state index in [0.29, 0.717) is 11.4 Å². The number of hydrogen-bond donors (Lipinski definition) is 0. The molecule has 0 radical (unpaired) electrons. The van der Waals surface area contributed by atoms with E-state index >= 15 is 0 Å². The number of carbonyl (C=O) groups excluding carboxylic acids is 2. The highest BCUT2D eigenvalue weighted by atomic mass is 35.5. The maximum atomic E-state index is 14.1. The number of ether oxygens (including phenoxy) is 1. The summed E-state index contributed by atoms with van der Waals surface area (Å²) >= 11 is 6.78. The lowest BCUT2D eigenvalue weighted by Gasteiger charge is -2.14. The van der Waals surface area contributed by atoms with Crippen molar-refractivity contribution in [1.29, 1.82) is 0 Å². The minimum Gasteiger partial charge on any atom is -0.403 e. The Labute approximate surface area is 230 Å². The first kappa shape index (κ1) is 26.8. The Hall–Kier alpha value is -3.77. The fourth-order valence-electron chi connectivity index (χ4n) is 4.57. The molecule has 0 atom stereocenters. The topological polar surface area (TPSA) is 131 Å². The third-order valence-corrected chi connectivity index (χ3v) is 8.18. The van der Waals surface area contributed by atoms with Gasteiger partial charge in [0.05, 0.1) is 34.0 Å². The smallest absolute Gasteiger partial charge is 0.348 e. The van der Waals surface area contributed by atoms with Crippen LogP contribution in [0.15, 0.2) is 35.6 Å². The van der Waals surface area contributed by atoms with Gasteiger partial charge in [-0.05, 0) is 44.4 Å². The fraction of sp³-hybridized carbons (Fsp3) is 0.346. The fourth-order valence-corrected chi connectivity index (χ4v) is 5.86. The second kappa shape index (κ2) is 9.76. The normalized spacial score (nSPS) is 13.6. The van der Waals surface area contributed by atoms with Crippen LogP contribution < -0.4 is 4.74 Å². The maximum Gasteiger partial charge on any atom is 0.348 e. The SMILES string of the molecule is Cc1cnn(Cc2c(S(C)(=O)=O)ccc(C(=O)c3c(C4CC4)nn(C)c3OC(=O)c3cn(C)nc3C)c2Cl)c1. The van der Waals surface area contributed by atoms with Gasteiger partial charge in [-0.1, -0.05) is 11.6 Å². The van der Waals surface area contributed by atoms with Crippen LogP contribution in [0.5, 0.6) is 5.88 Å². The lowest BCUT2D eigenvalue weighted by atomic mass is 9.99. The number of ketones is 1. The van der Waals surface area contributed by atoms with Crippen molar-refractivity contribution >= 4 is 33.2 Å². The van der Waals surface area contributed by atoms with Crippen LogP contribution in [0.25, 0.3) is 0 Å². The number of aromatic nitrogens is 6. The quantitative estimate of drug-likeness (QED) is 0.233. The third kappa shape index (κ3) is 5.13. The number of sulfone groups is 1. The molecule has 4 aromatic rings. The van der Waals surface area contributed by atoms with Gasteiger partial charge >= 0.3 is 5.97 Å². The predicted octanol–water partition coefficient (Wildman–Crippen LogP) is 3.40. The minimum atomic E-state index is -3.67. The maximum absolute atomic E-state index is 14.1. The van der Waals surface area contributed by atoms with Crippen molar-refractivity contribution in [2.75, 3.05) is 6.26 Å². The van der Waals surface area contributed by atoms with E-state index < -0.39 is 21.6 Å². The molecule has 204 valence electrons. The molecule has 1 aliphatic carbocycles. The molecule has 5 rings (SSSR count). The molecule has 3 aromatic heterocycles. The van der Waals surface area contributed by atoms with Gasteiger partial charge in [-0.2, -0.15) is 15.3 Å². The number of carbonyl (C=O) groups is 2. The molecule has 1 fully saturated rings. The van der Waals surface area contributed by atoms with Crippen LogP contribution in [0.2, 0.25) is 5.02 Å². The highest BCUT2D eigenvalue weighted by Gasteiger charge is 2.37. The summed E-state index contributed by atoms with van der Waals surface area (Å²) in [5, 5.41) is 12.9. The number of nitrogens with zero attached hydrogens (tertiary/aromatic N) is 6. The monoisotopic (exact) mass is 570 g/mol. The average Bonchev–Trinajstić information content (AvgIpc) is 3.42. The third-order valence-electron chi connectivity index (χ3n) is 6.56. The van der Waals surface area contributed by atoms with Gasteiger partial charge in [0, 0.05) is 49.8 Å². The van der Waals surface area contributed by atoms with E-state index in [2.05, 4.69) is 15.3 Å². The highest BCUT2D eigenvalue weighted by molar-refractivity contribution is 7.90. The van der Waals surface area contributed by atoms with E-state index in [9.17, 15) is 18.0 Å². The van der Waals surface area contributed by atoms with Crippen LogP contribution in [0.1, 0.15) is 67.6 Å². The zero-order valence-corrected chi connectivity index (χ0v) is 23.7. The van der Waals surface area contributed by atoms with Crippen molar-refractivity contribution in [3.63, 3.8) is 0 Å². The van der Waals surface area contributed by atoms with Crippen molar-refractivity contribution in [2.24, 2.45) is 14.1 Å². The molecular weight excluding hydrogens is 544 g/mol. The van der Waals surface area contributed by atoms with Gasteiger partial charge in [0.2, 0.25) is 11.7 Å². The van der Waals surface area contributed by atoms with Gasteiger partial charge < -0.3 is 4.74 Å². The molecule has 0 saturated heterocycles. The molecule has 39 heavy (non-hydrogen) atoms. The zero-order valence-electron chi connectivity index (χ0n) is 22.1. The van der Waals surface area contributed by atoms with Gasteiger partial charge in [0.15, 0.2) is 9.84 Å². The summed E-state index contributed by atoms with van der Waals surface area (Å²) in [7, 11) is -0.380. The van der Waals surface area contributed by atoms with Gasteiger partial charge in [-0.15, -0.1) is 0 Å². The Bertz CT molecular complexity index is 1750. The Balaban J connectivity index is 1.61. The van der Waals surface area contributed by atoms with E-state index in [1.165, 1.54) is 21.5 Å². The van der Waals surface area contributed by atoms with Crippen LogP contribution in [0.3, 0.4) is 0 Å². The lowest BCUT2D eigenvalue weighted by molar-refractivity contribution is 0.0717. The summed E-state index contributed by atoms with van der Waals surface area (Å²) < 4.78 is 35.4. The Kier molecular flexibility index (Phi) is 6.71. The van der Waals surface area contributed by atoms with E-state index in [1.54, 1.807) is 44.3 Å². The van der Waals surface area contributed by atoms with E-state index in [1.807, 2.05) is 6.92 Å². The molecule has 1 aliphatic rings. The molecule has 0 spiro atoms. The largest absolute Gasteiger partial charge is 0.403 e. The molecule has 3 heterocycles. The summed E-state index contributed by atoms with van der Waals surface area (Å²) in [6.07, 6.45) is 7.71. The summed E-state index contributed by atoms with van der Waals surface area (Å²) in [5.74, 6) is -1.15. The highest BCUT2D eigenvalue weighted by Crippen LogP contribution is 2.44. The number of benzene rings is 1. The van der Waals surface area contributed by atoms with Crippen molar-refractivity contribution in [1.82, 2.24) is 29.3 Å². The van der Waals surface area contributed by atoms with E-state index in [-0.39, 0.29) is 50.5 Å². The summed E-state index contributed by atoms with van der Waals surface area (Å²) in [6, 6.07) is 2.76. The first-order chi connectivity index (χ1) is 18.3. The molecule has 0 aliphatic heterocycles. The molecule has 0 bridgehead atoms. The molecule has 0 unspecified atom stereocenters. The van der Waals surface area contributed by atoms with Crippen molar-refractivity contribution < 1.29 is 22.7 Å². The number of rotatable bonds is 8. The first-order valence-electron chi connectivity index (χ1n) is 12.2. The summed E-state index contributed by atoms with van der Waals surface area (Å²) in [6.45, 7) is 3.59.